The van der Waals surface area contributed by atoms with Crippen LogP contribution in [0.2, 0.25) is 0 Å². The first-order valence-corrected chi connectivity index (χ1v) is 14.3. The Kier molecular flexibility index (Phi) is 4.93. The fourth-order valence-corrected chi connectivity index (χ4v) is 6.69. The SMILES string of the molecule is c1ccc(-c2ccccc2-c2c3ccccc3c(-c3ccc4oc5cc6occc6cc5c4c3)c3ccccc23)cc1. The van der Waals surface area contributed by atoms with Crippen LogP contribution in [0.4, 0.5) is 0 Å². The van der Waals surface area contributed by atoms with E-state index in [0.29, 0.717) is 0 Å². The quantitative estimate of drug-likeness (QED) is 0.210. The molecule has 196 valence electrons. The first-order chi connectivity index (χ1) is 20.8. The van der Waals surface area contributed by atoms with Crippen LogP contribution in [-0.4, -0.2) is 0 Å². The number of rotatable bonds is 3. The van der Waals surface area contributed by atoms with Gasteiger partial charge in [0.1, 0.15) is 16.7 Å². The third-order valence-electron chi connectivity index (χ3n) is 8.55. The highest BCUT2D eigenvalue weighted by Gasteiger charge is 2.19. The van der Waals surface area contributed by atoms with Gasteiger partial charge in [-0.2, -0.15) is 0 Å². The predicted molar refractivity (Wildman–Crippen MR) is 175 cm³/mol. The molecule has 2 heteroatoms. The van der Waals surface area contributed by atoms with Crippen LogP contribution < -0.4 is 0 Å². The zero-order valence-corrected chi connectivity index (χ0v) is 22.7. The number of fused-ring (bicyclic) bond motifs is 6. The molecule has 0 unspecified atom stereocenters. The van der Waals surface area contributed by atoms with E-state index in [4.69, 9.17) is 8.83 Å². The summed E-state index contributed by atoms with van der Waals surface area (Å²) in [4.78, 5) is 0. The van der Waals surface area contributed by atoms with Crippen LogP contribution in [0.5, 0.6) is 0 Å². The molecule has 0 aliphatic heterocycles. The molecular weight excluding hydrogens is 512 g/mol. The maximum Gasteiger partial charge on any atom is 0.139 e. The standard InChI is InChI=1S/C40H24O2/c1-2-10-25(11-3-1)28-12-4-5-13-29(28)40-32-16-8-6-14-30(32)39(31-15-7-9-17-33(31)40)27-18-19-36-34(23-27)35-22-26-20-21-41-37(26)24-38(35)42-36/h1-24H. The zero-order chi connectivity index (χ0) is 27.6. The fraction of sp³-hybridized carbons (Fsp3) is 0. The molecular formula is C40H24O2. The molecule has 9 rings (SSSR count). The number of furan rings is 2. The Morgan fingerprint density at radius 1 is 0.357 bits per heavy atom. The molecule has 0 fully saturated rings. The van der Waals surface area contributed by atoms with Crippen LogP contribution in [0, 0.1) is 0 Å². The molecule has 0 saturated heterocycles. The van der Waals surface area contributed by atoms with E-state index in [2.05, 4.69) is 127 Å². The van der Waals surface area contributed by atoms with Gasteiger partial charge in [0.05, 0.1) is 6.26 Å². The van der Waals surface area contributed by atoms with Gasteiger partial charge in [-0.1, -0.05) is 109 Å². The van der Waals surface area contributed by atoms with E-state index in [1.165, 1.54) is 54.9 Å². The van der Waals surface area contributed by atoms with Gasteiger partial charge in [-0.15, -0.1) is 0 Å². The maximum atomic E-state index is 6.27. The average Bonchev–Trinajstić information content (AvgIpc) is 3.66. The molecule has 42 heavy (non-hydrogen) atoms. The third-order valence-corrected chi connectivity index (χ3v) is 8.55. The van der Waals surface area contributed by atoms with Crippen molar-refractivity contribution in [2.45, 2.75) is 0 Å². The van der Waals surface area contributed by atoms with Crippen LogP contribution in [0.25, 0.3) is 87.8 Å². The highest BCUT2D eigenvalue weighted by Crippen LogP contribution is 2.46. The van der Waals surface area contributed by atoms with E-state index in [1.54, 1.807) is 6.26 Å². The first-order valence-electron chi connectivity index (χ1n) is 14.3. The van der Waals surface area contributed by atoms with Gasteiger partial charge < -0.3 is 8.83 Å². The van der Waals surface area contributed by atoms with Crippen LogP contribution >= 0.6 is 0 Å². The topological polar surface area (TPSA) is 26.3 Å². The molecule has 0 saturated carbocycles. The lowest BCUT2D eigenvalue weighted by atomic mass is 9.83. The molecule has 0 N–H and O–H groups in total. The lowest BCUT2D eigenvalue weighted by Gasteiger charge is -2.19. The Balaban J connectivity index is 1.37. The second-order valence-electron chi connectivity index (χ2n) is 10.9. The van der Waals surface area contributed by atoms with E-state index < -0.39 is 0 Å². The van der Waals surface area contributed by atoms with Crippen LogP contribution in [0.15, 0.2) is 155 Å². The molecule has 0 aliphatic carbocycles. The van der Waals surface area contributed by atoms with Crippen molar-refractivity contribution < 1.29 is 8.83 Å². The van der Waals surface area contributed by atoms with Gasteiger partial charge in [0, 0.05) is 22.2 Å². The highest BCUT2D eigenvalue weighted by atomic mass is 16.3. The number of hydrogen-bond donors (Lipinski definition) is 0. The summed E-state index contributed by atoms with van der Waals surface area (Å²) in [5, 5.41) is 8.24. The van der Waals surface area contributed by atoms with E-state index in [1.807, 2.05) is 12.1 Å². The van der Waals surface area contributed by atoms with Gasteiger partial charge >= 0.3 is 0 Å². The Morgan fingerprint density at radius 2 is 0.976 bits per heavy atom. The molecule has 2 nitrogen and oxygen atoms in total. The van der Waals surface area contributed by atoms with E-state index in [9.17, 15) is 0 Å². The molecule has 2 heterocycles. The second kappa shape index (κ2) is 8.95. The van der Waals surface area contributed by atoms with Crippen molar-refractivity contribution in [3.05, 3.63) is 146 Å². The third kappa shape index (κ3) is 3.39. The number of hydrogen-bond acceptors (Lipinski definition) is 2. The van der Waals surface area contributed by atoms with Crippen molar-refractivity contribution in [1.29, 1.82) is 0 Å². The average molecular weight is 537 g/mol. The largest absolute Gasteiger partial charge is 0.464 e. The van der Waals surface area contributed by atoms with Crippen molar-refractivity contribution >= 4 is 54.5 Å². The first kappa shape index (κ1) is 23.1. The summed E-state index contributed by atoms with van der Waals surface area (Å²) < 4.78 is 11.9. The molecule has 0 radical (unpaired) electrons. The van der Waals surface area contributed by atoms with E-state index in [-0.39, 0.29) is 0 Å². The molecule has 0 aliphatic rings. The molecule has 0 amide bonds. The fourth-order valence-electron chi connectivity index (χ4n) is 6.69. The number of benzene rings is 7. The Hall–Kier alpha value is -5.60. The van der Waals surface area contributed by atoms with Crippen LogP contribution in [-0.2, 0) is 0 Å². The van der Waals surface area contributed by atoms with Crippen molar-refractivity contribution in [3.63, 3.8) is 0 Å². The van der Waals surface area contributed by atoms with E-state index >= 15 is 0 Å². The second-order valence-corrected chi connectivity index (χ2v) is 10.9. The minimum atomic E-state index is 0.838. The minimum absolute atomic E-state index is 0.838. The van der Waals surface area contributed by atoms with E-state index in [0.717, 1.165) is 32.9 Å². The molecule has 9 aromatic rings. The Labute approximate surface area is 242 Å². The summed E-state index contributed by atoms with van der Waals surface area (Å²) in [6.07, 6.45) is 1.73. The summed E-state index contributed by atoms with van der Waals surface area (Å²) in [5.74, 6) is 0. The maximum absolute atomic E-state index is 6.27. The normalized spacial score (nSPS) is 11.8. The molecule has 0 bridgehead atoms. The zero-order valence-electron chi connectivity index (χ0n) is 22.7. The predicted octanol–water partition coefficient (Wildman–Crippen LogP) is 11.6. The van der Waals surface area contributed by atoms with Gasteiger partial charge in [-0.05, 0) is 79.2 Å². The van der Waals surface area contributed by atoms with Crippen molar-refractivity contribution in [1.82, 2.24) is 0 Å². The van der Waals surface area contributed by atoms with Gasteiger partial charge in [0.2, 0.25) is 0 Å². The lowest BCUT2D eigenvalue weighted by Crippen LogP contribution is -1.92. The lowest BCUT2D eigenvalue weighted by molar-refractivity contribution is 0.613. The van der Waals surface area contributed by atoms with Gasteiger partial charge in [0.15, 0.2) is 0 Å². The van der Waals surface area contributed by atoms with Crippen molar-refractivity contribution in [2.24, 2.45) is 0 Å². The molecule has 2 aromatic heterocycles. The molecule has 7 aromatic carbocycles. The van der Waals surface area contributed by atoms with Crippen LogP contribution in [0.3, 0.4) is 0 Å². The molecule has 0 atom stereocenters. The Bertz CT molecular complexity index is 2400. The summed E-state index contributed by atoms with van der Waals surface area (Å²) >= 11 is 0. The van der Waals surface area contributed by atoms with Crippen molar-refractivity contribution in [2.75, 3.05) is 0 Å². The van der Waals surface area contributed by atoms with Gasteiger partial charge in [0.25, 0.3) is 0 Å². The van der Waals surface area contributed by atoms with Gasteiger partial charge in [-0.3, -0.25) is 0 Å². The summed E-state index contributed by atoms with van der Waals surface area (Å²) in [6.45, 7) is 0. The smallest absolute Gasteiger partial charge is 0.139 e. The molecule has 0 spiro atoms. The van der Waals surface area contributed by atoms with Crippen molar-refractivity contribution in [3.8, 4) is 33.4 Å². The van der Waals surface area contributed by atoms with Crippen LogP contribution in [0.1, 0.15) is 0 Å². The summed E-state index contributed by atoms with van der Waals surface area (Å²) in [7, 11) is 0. The van der Waals surface area contributed by atoms with Gasteiger partial charge in [-0.25, -0.2) is 0 Å². The Morgan fingerprint density at radius 3 is 1.71 bits per heavy atom. The highest BCUT2D eigenvalue weighted by molar-refractivity contribution is 6.23. The summed E-state index contributed by atoms with van der Waals surface area (Å²) in [5.41, 5.74) is 9.92. The minimum Gasteiger partial charge on any atom is -0.464 e. The monoisotopic (exact) mass is 536 g/mol. The summed E-state index contributed by atoms with van der Waals surface area (Å²) in [6, 6.07) is 49.9.